The average Bonchev–Trinajstić information content (AvgIpc) is 2.52. The van der Waals surface area contributed by atoms with Crippen LogP contribution in [0.15, 0.2) is 6.07 Å². The number of aromatic nitrogens is 2. The minimum Gasteiger partial charge on any atom is -0.444 e. The van der Waals surface area contributed by atoms with Gasteiger partial charge in [0.1, 0.15) is 17.2 Å². The molecule has 1 aliphatic rings. The summed E-state index contributed by atoms with van der Waals surface area (Å²) in [4.78, 5) is 25.7. The van der Waals surface area contributed by atoms with Crippen LogP contribution >= 0.6 is 0 Å². The van der Waals surface area contributed by atoms with Gasteiger partial charge in [0.15, 0.2) is 0 Å². The summed E-state index contributed by atoms with van der Waals surface area (Å²) < 4.78 is 5.46. The van der Waals surface area contributed by atoms with Crippen molar-refractivity contribution in [2.45, 2.75) is 65.9 Å². The van der Waals surface area contributed by atoms with E-state index < -0.39 is 5.60 Å². The molecule has 25 heavy (non-hydrogen) atoms. The summed E-state index contributed by atoms with van der Waals surface area (Å²) in [5.41, 5.74) is 0.515. The molecule has 1 amide bonds. The zero-order valence-corrected chi connectivity index (χ0v) is 16.7. The number of hydrogen-bond donors (Lipinski definition) is 0. The van der Waals surface area contributed by atoms with E-state index in [4.69, 9.17) is 9.72 Å². The summed E-state index contributed by atoms with van der Waals surface area (Å²) in [6.45, 7) is 17.0. The number of carbonyl (C=O) groups excluding carboxylic acids is 1. The Morgan fingerprint density at radius 1 is 1.08 bits per heavy atom. The van der Waals surface area contributed by atoms with Crippen LogP contribution in [-0.2, 0) is 16.6 Å². The molecule has 0 aliphatic carbocycles. The van der Waals surface area contributed by atoms with Crippen molar-refractivity contribution in [3.63, 3.8) is 0 Å². The predicted octanol–water partition coefficient (Wildman–Crippen LogP) is 3.39. The molecule has 140 valence electrons. The fraction of sp³-hybridized carbons (Fsp3) is 0.737. The molecule has 0 aromatic carbocycles. The summed E-state index contributed by atoms with van der Waals surface area (Å²) in [6, 6.07) is 2.07. The summed E-state index contributed by atoms with van der Waals surface area (Å²) in [5, 5.41) is 0. The largest absolute Gasteiger partial charge is 0.444 e. The van der Waals surface area contributed by atoms with Crippen molar-refractivity contribution in [3.05, 3.63) is 17.6 Å². The van der Waals surface area contributed by atoms with E-state index in [2.05, 4.69) is 43.6 Å². The fourth-order valence-electron chi connectivity index (χ4n) is 2.61. The Balaban J connectivity index is 2.09. The number of nitrogens with zero attached hydrogens (tertiary/aromatic N) is 4. The second-order valence-corrected chi connectivity index (χ2v) is 8.60. The van der Waals surface area contributed by atoms with Crippen LogP contribution in [0.25, 0.3) is 0 Å². The third-order valence-corrected chi connectivity index (χ3v) is 4.05. The van der Waals surface area contributed by atoms with Crippen LogP contribution in [-0.4, -0.2) is 52.7 Å². The van der Waals surface area contributed by atoms with Gasteiger partial charge in [-0.1, -0.05) is 27.7 Å². The maximum atomic E-state index is 12.2. The maximum absolute atomic E-state index is 12.2. The Hall–Kier alpha value is -1.85. The summed E-state index contributed by atoms with van der Waals surface area (Å²) in [6.07, 6.45) is 0.649. The monoisotopic (exact) mass is 348 g/mol. The quantitative estimate of drug-likeness (QED) is 0.820. The maximum Gasteiger partial charge on any atom is 0.410 e. The van der Waals surface area contributed by atoms with Crippen LogP contribution in [0.2, 0.25) is 0 Å². The molecular formula is C19H32N4O2. The van der Waals surface area contributed by atoms with Crippen molar-refractivity contribution in [3.8, 4) is 0 Å². The second-order valence-electron chi connectivity index (χ2n) is 8.60. The van der Waals surface area contributed by atoms with Crippen molar-refractivity contribution in [2.24, 2.45) is 0 Å². The Labute approximate surface area is 151 Å². The van der Waals surface area contributed by atoms with E-state index in [-0.39, 0.29) is 11.5 Å². The van der Waals surface area contributed by atoms with Gasteiger partial charge in [0.05, 0.1) is 0 Å². The van der Waals surface area contributed by atoms with Crippen molar-refractivity contribution in [1.82, 2.24) is 14.9 Å². The highest BCUT2D eigenvalue weighted by atomic mass is 16.6. The molecule has 1 aromatic heterocycles. The van der Waals surface area contributed by atoms with Gasteiger partial charge in [-0.25, -0.2) is 14.8 Å². The molecule has 1 fully saturated rings. The topological polar surface area (TPSA) is 58.6 Å². The van der Waals surface area contributed by atoms with Gasteiger partial charge in [0.25, 0.3) is 0 Å². The number of carbonyl (C=O) groups is 1. The summed E-state index contributed by atoms with van der Waals surface area (Å²) >= 11 is 0. The summed E-state index contributed by atoms with van der Waals surface area (Å²) in [7, 11) is 0. The molecule has 2 rings (SSSR count). The first-order chi connectivity index (χ1) is 11.5. The Kier molecular flexibility index (Phi) is 5.59. The van der Waals surface area contributed by atoms with Crippen LogP contribution < -0.4 is 4.90 Å². The fourth-order valence-corrected chi connectivity index (χ4v) is 2.61. The SMILES string of the molecule is CCc1cc(N2CCN(C(=O)OC(C)(C)C)CC2)nc(C(C)(C)C)n1. The van der Waals surface area contributed by atoms with Gasteiger partial charge >= 0.3 is 6.09 Å². The Morgan fingerprint density at radius 3 is 2.16 bits per heavy atom. The van der Waals surface area contributed by atoms with Crippen molar-refractivity contribution >= 4 is 11.9 Å². The number of ether oxygens (including phenoxy) is 1. The molecule has 6 heteroatoms. The molecule has 2 heterocycles. The Morgan fingerprint density at radius 2 is 1.68 bits per heavy atom. The highest BCUT2D eigenvalue weighted by Crippen LogP contribution is 2.23. The molecule has 0 saturated carbocycles. The van der Waals surface area contributed by atoms with Crippen LogP contribution in [0.5, 0.6) is 0 Å². The first-order valence-corrected chi connectivity index (χ1v) is 9.11. The molecule has 0 N–H and O–H groups in total. The van der Waals surface area contributed by atoms with Gasteiger partial charge in [0.2, 0.25) is 0 Å². The van der Waals surface area contributed by atoms with Crippen LogP contribution in [0, 0.1) is 0 Å². The highest BCUT2D eigenvalue weighted by molar-refractivity contribution is 5.68. The van der Waals surface area contributed by atoms with Gasteiger partial charge in [-0.2, -0.15) is 0 Å². The van der Waals surface area contributed by atoms with Gasteiger partial charge in [-0.05, 0) is 27.2 Å². The van der Waals surface area contributed by atoms with Gasteiger partial charge in [0, 0.05) is 43.4 Å². The lowest BCUT2D eigenvalue weighted by Crippen LogP contribution is -2.50. The van der Waals surface area contributed by atoms with Crippen molar-refractivity contribution in [2.75, 3.05) is 31.1 Å². The first-order valence-electron chi connectivity index (χ1n) is 9.11. The summed E-state index contributed by atoms with van der Waals surface area (Å²) in [5.74, 6) is 1.83. The first kappa shape index (κ1) is 19.5. The minimum absolute atomic E-state index is 0.0851. The van der Waals surface area contributed by atoms with Crippen LogP contribution in [0.3, 0.4) is 0 Å². The standard InChI is InChI=1S/C19H32N4O2/c1-8-14-13-15(21-16(20-14)18(2,3)4)22-9-11-23(12-10-22)17(24)25-19(5,6)7/h13H,8-12H2,1-7H3. The molecule has 0 unspecified atom stereocenters. The molecule has 1 aliphatic heterocycles. The van der Waals surface area contributed by atoms with Crippen molar-refractivity contribution in [1.29, 1.82) is 0 Å². The van der Waals surface area contributed by atoms with E-state index in [1.165, 1.54) is 0 Å². The van der Waals surface area contributed by atoms with Gasteiger partial charge in [-0.15, -0.1) is 0 Å². The smallest absolute Gasteiger partial charge is 0.410 e. The number of rotatable bonds is 2. The van der Waals surface area contributed by atoms with E-state index in [9.17, 15) is 4.79 Å². The minimum atomic E-state index is -0.460. The third kappa shape index (κ3) is 5.31. The lowest BCUT2D eigenvalue weighted by Gasteiger charge is -2.36. The molecule has 0 bridgehead atoms. The molecule has 1 saturated heterocycles. The van der Waals surface area contributed by atoms with Gasteiger partial charge < -0.3 is 14.5 Å². The molecule has 0 spiro atoms. The third-order valence-electron chi connectivity index (χ3n) is 4.05. The van der Waals surface area contributed by atoms with E-state index in [1.54, 1.807) is 4.90 Å². The molecule has 1 aromatic rings. The molecule has 6 nitrogen and oxygen atoms in total. The second kappa shape index (κ2) is 7.18. The number of anilines is 1. The van der Waals surface area contributed by atoms with Crippen molar-refractivity contribution < 1.29 is 9.53 Å². The zero-order chi connectivity index (χ0) is 18.8. The molecule has 0 atom stereocenters. The zero-order valence-electron chi connectivity index (χ0n) is 16.7. The van der Waals surface area contributed by atoms with E-state index in [0.29, 0.717) is 13.1 Å². The number of hydrogen-bond acceptors (Lipinski definition) is 5. The van der Waals surface area contributed by atoms with E-state index >= 15 is 0 Å². The highest BCUT2D eigenvalue weighted by Gasteiger charge is 2.27. The predicted molar refractivity (Wildman–Crippen MR) is 100 cm³/mol. The van der Waals surface area contributed by atoms with Gasteiger partial charge in [-0.3, -0.25) is 0 Å². The van der Waals surface area contributed by atoms with E-state index in [0.717, 1.165) is 36.8 Å². The average molecular weight is 348 g/mol. The Bertz CT molecular complexity index is 609. The lowest BCUT2D eigenvalue weighted by molar-refractivity contribution is 0.0240. The molecular weight excluding hydrogens is 316 g/mol. The molecule has 0 radical (unpaired) electrons. The van der Waals surface area contributed by atoms with Crippen LogP contribution in [0.4, 0.5) is 10.6 Å². The lowest BCUT2D eigenvalue weighted by atomic mass is 9.95. The number of piperazine rings is 1. The number of aryl methyl sites for hydroxylation is 1. The van der Waals surface area contributed by atoms with E-state index in [1.807, 2.05) is 20.8 Å². The normalized spacial score (nSPS) is 16.1. The number of amides is 1. The van der Waals surface area contributed by atoms with Crippen LogP contribution in [0.1, 0.15) is 60.0 Å².